The molecule has 129 valence electrons. The molecule has 1 atom stereocenters. The summed E-state index contributed by atoms with van der Waals surface area (Å²) in [6.45, 7) is 4.85. The predicted octanol–water partition coefficient (Wildman–Crippen LogP) is 2.43. The zero-order valence-electron chi connectivity index (χ0n) is 13.8. The lowest BCUT2D eigenvalue weighted by Crippen LogP contribution is -2.21. The van der Waals surface area contributed by atoms with Crippen LogP contribution in [0, 0.1) is 6.92 Å². The van der Waals surface area contributed by atoms with Crippen LogP contribution >= 0.6 is 0 Å². The van der Waals surface area contributed by atoms with Crippen LogP contribution in [-0.4, -0.2) is 21.7 Å². The first-order valence-electron chi connectivity index (χ1n) is 8.19. The number of phenolic OH excluding ortho intramolecular Hbond substituents is 1. The molecule has 0 unspecified atom stereocenters. The summed E-state index contributed by atoms with van der Waals surface area (Å²) >= 11 is 0. The highest BCUT2D eigenvalue weighted by molar-refractivity contribution is 5.87. The first-order chi connectivity index (χ1) is 12.1. The molecule has 25 heavy (non-hydrogen) atoms. The molecule has 0 spiro atoms. The quantitative estimate of drug-likeness (QED) is 0.556. The van der Waals surface area contributed by atoms with Crippen molar-refractivity contribution in [3.8, 4) is 5.75 Å². The second kappa shape index (κ2) is 7.51. The molecule has 0 saturated carbocycles. The fourth-order valence-electron chi connectivity index (χ4n) is 2.84. The van der Waals surface area contributed by atoms with Crippen LogP contribution in [0.1, 0.15) is 22.8 Å². The van der Waals surface area contributed by atoms with Gasteiger partial charge in [0.05, 0.1) is 11.6 Å². The summed E-state index contributed by atoms with van der Waals surface area (Å²) in [5.41, 5.74) is 3.02. The number of hydrogen-bond acceptors (Lipinski definition) is 4. The molecule has 0 saturated heterocycles. The van der Waals surface area contributed by atoms with Crippen LogP contribution in [0.5, 0.6) is 5.75 Å². The molecule has 0 amide bonds. The summed E-state index contributed by atoms with van der Waals surface area (Å²) in [5, 5.41) is 24.3. The average Bonchev–Trinajstić information content (AvgIpc) is 2.63. The van der Waals surface area contributed by atoms with Gasteiger partial charge >= 0.3 is 0 Å². The van der Waals surface area contributed by atoms with Gasteiger partial charge in [-0.2, -0.15) is 0 Å². The smallest absolute Gasteiger partial charge is 0.248 e. The summed E-state index contributed by atoms with van der Waals surface area (Å²) in [6, 6.07) is 14.3. The van der Waals surface area contributed by atoms with Gasteiger partial charge in [0.1, 0.15) is 5.75 Å². The zero-order chi connectivity index (χ0) is 17.8. The number of hydrogen-bond donors (Lipinski definition) is 4. The number of pyridine rings is 1. The topological polar surface area (TPSA) is 85.3 Å². The molecule has 0 fully saturated rings. The lowest BCUT2D eigenvalue weighted by Gasteiger charge is -2.15. The Hall–Kier alpha value is -2.63. The van der Waals surface area contributed by atoms with Gasteiger partial charge in [0, 0.05) is 24.5 Å². The molecule has 2 aromatic carbocycles. The van der Waals surface area contributed by atoms with Gasteiger partial charge in [-0.15, -0.1) is 0 Å². The van der Waals surface area contributed by atoms with Crippen LogP contribution in [0.2, 0.25) is 0 Å². The first kappa shape index (κ1) is 17.2. The SMILES string of the molecule is [CH2]Cc1ccc(CNC[C@H](O)c2ccc(O)c3[nH]c(=O)ccc23)cc1. The van der Waals surface area contributed by atoms with Gasteiger partial charge in [0.25, 0.3) is 0 Å². The molecule has 3 aromatic rings. The Labute approximate surface area is 146 Å². The van der Waals surface area contributed by atoms with E-state index in [-0.39, 0.29) is 11.3 Å². The number of fused-ring (bicyclic) bond motifs is 1. The van der Waals surface area contributed by atoms with E-state index in [2.05, 4.69) is 17.2 Å². The molecule has 0 aliphatic rings. The number of phenols is 1. The van der Waals surface area contributed by atoms with Crippen LogP contribution in [0.15, 0.2) is 53.3 Å². The Kier molecular flexibility index (Phi) is 5.16. The number of nitrogens with one attached hydrogen (secondary N) is 2. The highest BCUT2D eigenvalue weighted by Crippen LogP contribution is 2.28. The molecule has 1 heterocycles. The van der Waals surface area contributed by atoms with Crippen LogP contribution in [-0.2, 0) is 13.0 Å². The van der Waals surface area contributed by atoms with Gasteiger partial charge in [-0.25, -0.2) is 0 Å². The highest BCUT2D eigenvalue weighted by Gasteiger charge is 2.13. The molecular weight excluding hydrogens is 316 g/mol. The van der Waals surface area contributed by atoms with E-state index in [0.717, 1.165) is 12.0 Å². The molecule has 0 bridgehead atoms. The summed E-state index contributed by atoms with van der Waals surface area (Å²) in [4.78, 5) is 14.0. The van der Waals surface area contributed by atoms with E-state index < -0.39 is 6.10 Å². The minimum atomic E-state index is -0.756. The van der Waals surface area contributed by atoms with Crippen molar-refractivity contribution >= 4 is 10.9 Å². The minimum Gasteiger partial charge on any atom is -0.506 e. The number of aromatic amines is 1. The van der Waals surface area contributed by atoms with Gasteiger partial charge in [-0.3, -0.25) is 4.79 Å². The van der Waals surface area contributed by atoms with Gasteiger partial charge < -0.3 is 20.5 Å². The van der Waals surface area contributed by atoms with Crippen molar-refractivity contribution < 1.29 is 10.2 Å². The highest BCUT2D eigenvalue weighted by atomic mass is 16.3. The van der Waals surface area contributed by atoms with Gasteiger partial charge in [-0.05, 0) is 42.2 Å². The maximum absolute atomic E-state index is 11.4. The summed E-state index contributed by atoms with van der Waals surface area (Å²) in [7, 11) is 0. The molecule has 0 aliphatic heterocycles. The van der Waals surface area contributed by atoms with E-state index in [4.69, 9.17) is 0 Å². The maximum Gasteiger partial charge on any atom is 0.248 e. The van der Waals surface area contributed by atoms with E-state index in [0.29, 0.717) is 29.6 Å². The third-order valence-electron chi connectivity index (χ3n) is 4.24. The third-order valence-corrected chi connectivity index (χ3v) is 4.24. The van der Waals surface area contributed by atoms with Crippen molar-refractivity contribution in [2.24, 2.45) is 0 Å². The van der Waals surface area contributed by atoms with E-state index in [1.165, 1.54) is 17.7 Å². The molecule has 4 N–H and O–H groups in total. The van der Waals surface area contributed by atoms with Crippen LogP contribution in [0.4, 0.5) is 0 Å². The summed E-state index contributed by atoms with van der Waals surface area (Å²) in [6.07, 6.45) is 0.00994. The summed E-state index contributed by atoms with van der Waals surface area (Å²) in [5.74, 6) is -0.0119. The molecular formula is C20H21N2O3. The largest absolute Gasteiger partial charge is 0.506 e. The zero-order valence-corrected chi connectivity index (χ0v) is 13.8. The second-order valence-corrected chi connectivity index (χ2v) is 6.00. The van der Waals surface area contributed by atoms with Gasteiger partial charge in [0.15, 0.2) is 0 Å². The minimum absolute atomic E-state index is 0.0119. The third kappa shape index (κ3) is 3.90. The number of H-pyrrole nitrogens is 1. The van der Waals surface area contributed by atoms with Gasteiger partial charge in [-0.1, -0.05) is 30.3 Å². The maximum atomic E-state index is 11.4. The molecule has 5 nitrogen and oxygen atoms in total. The number of rotatable bonds is 6. The van der Waals surface area contributed by atoms with Crippen molar-refractivity contribution in [1.29, 1.82) is 0 Å². The van der Waals surface area contributed by atoms with E-state index in [9.17, 15) is 15.0 Å². The average molecular weight is 337 g/mol. The number of aromatic nitrogens is 1. The normalized spacial score (nSPS) is 12.4. The predicted molar refractivity (Wildman–Crippen MR) is 98.4 cm³/mol. The second-order valence-electron chi connectivity index (χ2n) is 6.00. The van der Waals surface area contributed by atoms with Crippen LogP contribution in [0.3, 0.4) is 0 Å². The van der Waals surface area contributed by atoms with Crippen molar-refractivity contribution in [3.05, 3.63) is 82.5 Å². The summed E-state index contributed by atoms with van der Waals surface area (Å²) < 4.78 is 0. The van der Waals surface area contributed by atoms with Crippen molar-refractivity contribution in [1.82, 2.24) is 10.3 Å². The Morgan fingerprint density at radius 3 is 2.48 bits per heavy atom. The molecule has 1 aromatic heterocycles. The molecule has 3 rings (SSSR count). The Morgan fingerprint density at radius 2 is 1.76 bits per heavy atom. The Morgan fingerprint density at radius 1 is 1.04 bits per heavy atom. The Bertz CT molecular complexity index is 916. The fraction of sp³-hybridized carbons (Fsp3) is 0.200. The van der Waals surface area contributed by atoms with E-state index in [1.54, 1.807) is 12.1 Å². The fourth-order valence-corrected chi connectivity index (χ4v) is 2.84. The number of benzene rings is 2. The molecule has 0 aliphatic carbocycles. The van der Waals surface area contributed by atoms with Crippen molar-refractivity contribution in [3.63, 3.8) is 0 Å². The lowest BCUT2D eigenvalue weighted by molar-refractivity contribution is 0.176. The van der Waals surface area contributed by atoms with Crippen LogP contribution in [0.25, 0.3) is 10.9 Å². The van der Waals surface area contributed by atoms with E-state index in [1.807, 2.05) is 24.3 Å². The standard InChI is InChI=1S/C20H21N2O3/c1-2-13-3-5-14(6-4-13)11-21-12-18(24)15-7-9-17(23)20-16(15)8-10-19(25)22-20/h3-10,18,21,23-24H,1-2,11-12H2,(H,22,25)/t18-/m0/s1. The van der Waals surface area contributed by atoms with Crippen molar-refractivity contribution in [2.45, 2.75) is 19.1 Å². The molecule has 1 radical (unpaired) electrons. The monoisotopic (exact) mass is 337 g/mol. The lowest BCUT2D eigenvalue weighted by atomic mass is 10.0. The van der Waals surface area contributed by atoms with Gasteiger partial charge in [0.2, 0.25) is 5.56 Å². The van der Waals surface area contributed by atoms with Crippen molar-refractivity contribution in [2.75, 3.05) is 6.54 Å². The number of aliphatic hydroxyl groups excluding tert-OH is 1. The number of aromatic hydroxyl groups is 1. The van der Waals surface area contributed by atoms with E-state index >= 15 is 0 Å². The Balaban J connectivity index is 1.70. The van der Waals surface area contributed by atoms with Crippen LogP contribution < -0.4 is 10.9 Å². The first-order valence-corrected chi connectivity index (χ1v) is 8.19. The molecule has 5 heteroatoms. The number of aliphatic hydroxyl groups is 1.